The highest BCUT2D eigenvalue weighted by Crippen LogP contribution is 2.24. The molecule has 23 heavy (non-hydrogen) atoms. The molecule has 0 heterocycles. The van der Waals surface area contributed by atoms with E-state index in [-0.39, 0.29) is 5.97 Å². The first-order valence-electron chi connectivity index (χ1n) is 8.37. The van der Waals surface area contributed by atoms with Gasteiger partial charge in [0.15, 0.2) is 0 Å². The molecular formula is C21H22O2. The van der Waals surface area contributed by atoms with Gasteiger partial charge < -0.3 is 4.74 Å². The number of benzene rings is 3. The van der Waals surface area contributed by atoms with Crippen LogP contribution >= 0.6 is 0 Å². The quantitative estimate of drug-likeness (QED) is 0.330. The maximum Gasteiger partial charge on any atom is 0.338 e. The Bertz CT molecular complexity index is 820. The zero-order valence-corrected chi connectivity index (χ0v) is 13.5. The van der Waals surface area contributed by atoms with E-state index in [4.69, 9.17) is 4.74 Å². The average molecular weight is 306 g/mol. The van der Waals surface area contributed by atoms with Crippen LogP contribution in [0.4, 0.5) is 0 Å². The van der Waals surface area contributed by atoms with E-state index in [0.717, 1.165) is 23.6 Å². The van der Waals surface area contributed by atoms with Crippen molar-refractivity contribution in [1.82, 2.24) is 0 Å². The Balaban J connectivity index is 1.76. The van der Waals surface area contributed by atoms with Crippen LogP contribution in [-0.4, -0.2) is 12.6 Å². The van der Waals surface area contributed by atoms with Crippen LogP contribution in [0.5, 0.6) is 0 Å². The Morgan fingerprint density at radius 3 is 2.26 bits per heavy atom. The van der Waals surface area contributed by atoms with Crippen molar-refractivity contribution in [3.8, 4) is 0 Å². The number of carbonyl (C=O) groups is 1. The summed E-state index contributed by atoms with van der Waals surface area (Å²) < 4.78 is 5.37. The second kappa shape index (κ2) is 7.28. The highest BCUT2D eigenvalue weighted by Gasteiger charge is 2.08. The minimum absolute atomic E-state index is 0.225. The molecule has 0 N–H and O–H groups in total. The summed E-state index contributed by atoms with van der Waals surface area (Å²) in [5, 5.41) is 4.61. The molecule has 3 aromatic rings. The van der Waals surface area contributed by atoms with Crippen molar-refractivity contribution in [2.75, 3.05) is 6.61 Å². The van der Waals surface area contributed by atoms with Crippen LogP contribution in [0.25, 0.3) is 21.5 Å². The van der Waals surface area contributed by atoms with Gasteiger partial charge in [-0.1, -0.05) is 56.5 Å². The summed E-state index contributed by atoms with van der Waals surface area (Å²) in [6.45, 7) is 2.68. The third-order valence-electron chi connectivity index (χ3n) is 4.17. The highest BCUT2D eigenvalue weighted by atomic mass is 16.5. The topological polar surface area (TPSA) is 26.3 Å². The van der Waals surface area contributed by atoms with E-state index in [1.165, 1.54) is 23.6 Å². The molecule has 118 valence electrons. The van der Waals surface area contributed by atoms with E-state index in [2.05, 4.69) is 31.2 Å². The molecule has 3 rings (SSSR count). The van der Waals surface area contributed by atoms with Gasteiger partial charge in [-0.3, -0.25) is 0 Å². The fourth-order valence-electron chi connectivity index (χ4n) is 2.84. The third-order valence-corrected chi connectivity index (χ3v) is 4.17. The summed E-state index contributed by atoms with van der Waals surface area (Å²) in [6.07, 6.45) is 4.44. The zero-order valence-electron chi connectivity index (χ0n) is 13.5. The Labute approximate surface area is 137 Å². The van der Waals surface area contributed by atoms with E-state index in [0.29, 0.717) is 12.2 Å². The van der Waals surface area contributed by atoms with Crippen LogP contribution < -0.4 is 0 Å². The van der Waals surface area contributed by atoms with Crippen molar-refractivity contribution < 1.29 is 9.53 Å². The lowest BCUT2D eigenvalue weighted by Gasteiger charge is -2.07. The minimum Gasteiger partial charge on any atom is -0.462 e. The Morgan fingerprint density at radius 2 is 1.52 bits per heavy atom. The van der Waals surface area contributed by atoms with Gasteiger partial charge >= 0.3 is 5.97 Å². The molecule has 0 saturated carbocycles. The molecule has 2 nitrogen and oxygen atoms in total. The van der Waals surface area contributed by atoms with Crippen molar-refractivity contribution in [3.63, 3.8) is 0 Å². The van der Waals surface area contributed by atoms with E-state index in [1.54, 1.807) is 0 Å². The van der Waals surface area contributed by atoms with E-state index < -0.39 is 0 Å². The largest absolute Gasteiger partial charge is 0.462 e. The number of rotatable bonds is 6. The summed E-state index contributed by atoms with van der Waals surface area (Å²) in [5.74, 6) is -0.225. The number of esters is 1. The molecular weight excluding hydrogens is 284 g/mol. The van der Waals surface area contributed by atoms with Crippen molar-refractivity contribution >= 4 is 27.5 Å². The predicted molar refractivity (Wildman–Crippen MR) is 95.9 cm³/mol. The van der Waals surface area contributed by atoms with Gasteiger partial charge in [-0.05, 0) is 52.2 Å². The fourth-order valence-corrected chi connectivity index (χ4v) is 2.84. The number of ether oxygens (including phenoxy) is 1. The smallest absolute Gasteiger partial charge is 0.338 e. The second-order valence-electron chi connectivity index (χ2n) is 5.96. The lowest BCUT2D eigenvalue weighted by Crippen LogP contribution is -2.06. The molecule has 0 saturated heterocycles. The number of unbranched alkanes of at least 4 members (excludes halogenated alkanes) is 3. The molecule has 0 unspecified atom stereocenters. The zero-order chi connectivity index (χ0) is 16.1. The van der Waals surface area contributed by atoms with Gasteiger partial charge in [0.2, 0.25) is 0 Å². The van der Waals surface area contributed by atoms with E-state index in [1.807, 2.05) is 30.3 Å². The molecule has 0 aliphatic heterocycles. The molecule has 0 aromatic heterocycles. The summed E-state index contributed by atoms with van der Waals surface area (Å²) >= 11 is 0. The summed E-state index contributed by atoms with van der Waals surface area (Å²) in [7, 11) is 0. The Hall–Kier alpha value is -2.35. The van der Waals surface area contributed by atoms with Crippen LogP contribution in [0.2, 0.25) is 0 Å². The second-order valence-corrected chi connectivity index (χ2v) is 5.96. The van der Waals surface area contributed by atoms with Gasteiger partial charge in [0, 0.05) is 0 Å². The first-order chi connectivity index (χ1) is 11.3. The Kier molecular flexibility index (Phi) is 4.92. The standard InChI is InChI=1S/C21H22O2/c1-2-3-4-7-12-23-21(22)19-11-10-18-13-16-8-5-6-9-17(16)14-20(18)15-19/h5-6,8-11,13-15H,2-4,7,12H2,1H3. The molecule has 0 radical (unpaired) electrons. The van der Waals surface area contributed by atoms with Crippen LogP contribution in [0.15, 0.2) is 54.6 Å². The lowest BCUT2D eigenvalue weighted by atomic mass is 10.0. The minimum atomic E-state index is -0.225. The van der Waals surface area contributed by atoms with Crippen molar-refractivity contribution in [2.24, 2.45) is 0 Å². The molecule has 0 aliphatic carbocycles. The number of fused-ring (bicyclic) bond motifs is 2. The van der Waals surface area contributed by atoms with Crippen molar-refractivity contribution in [1.29, 1.82) is 0 Å². The maximum absolute atomic E-state index is 12.2. The first kappa shape index (κ1) is 15.5. The van der Waals surface area contributed by atoms with Crippen LogP contribution in [0.1, 0.15) is 43.0 Å². The molecule has 0 aliphatic rings. The van der Waals surface area contributed by atoms with Gasteiger partial charge in [-0.2, -0.15) is 0 Å². The Morgan fingerprint density at radius 1 is 0.826 bits per heavy atom. The van der Waals surface area contributed by atoms with Gasteiger partial charge in [-0.25, -0.2) is 4.79 Å². The van der Waals surface area contributed by atoms with E-state index in [9.17, 15) is 4.79 Å². The van der Waals surface area contributed by atoms with Gasteiger partial charge in [0.25, 0.3) is 0 Å². The molecule has 0 amide bonds. The summed E-state index contributed by atoms with van der Waals surface area (Å²) in [5.41, 5.74) is 0.628. The van der Waals surface area contributed by atoms with Crippen molar-refractivity contribution in [2.45, 2.75) is 32.6 Å². The van der Waals surface area contributed by atoms with Crippen LogP contribution in [-0.2, 0) is 4.74 Å². The lowest BCUT2D eigenvalue weighted by molar-refractivity contribution is 0.0498. The van der Waals surface area contributed by atoms with Crippen LogP contribution in [0, 0.1) is 0 Å². The average Bonchev–Trinajstić information content (AvgIpc) is 2.59. The summed E-state index contributed by atoms with van der Waals surface area (Å²) in [4.78, 5) is 12.2. The number of hydrogen-bond acceptors (Lipinski definition) is 2. The molecule has 0 spiro atoms. The fraction of sp³-hybridized carbons (Fsp3) is 0.286. The molecule has 0 fully saturated rings. The number of hydrogen-bond donors (Lipinski definition) is 0. The monoisotopic (exact) mass is 306 g/mol. The third kappa shape index (κ3) is 3.70. The number of carbonyl (C=O) groups excluding carboxylic acids is 1. The molecule has 0 atom stereocenters. The summed E-state index contributed by atoms with van der Waals surface area (Å²) in [6, 6.07) is 18.3. The molecule has 3 aromatic carbocycles. The van der Waals surface area contributed by atoms with Gasteiger partial charge in [0.1, 0.15) is 0 Å². The van der Waals surface area contributed by atoms with Gasteiger partial charge in [0.05, 0.1) is 12.2 Å². The first-order valence-corrected chi connectivity index (χ1v) is 8.37. The molecule has 2 heteroatoms. The van der Waals surface area contributed by atoms with E-state index >= 15 is 0 Å². The maximum atomic E-state index is 12.2. The predicted octanol–water partition coefficient (Wildman–Crippen LogP) is 5.73. The SMILES string of the molecule is CCCCCCOC(=O)c1ccc2cc3ccccc3cc2c1. The van der Waals surface area contributed by atoms with Crippen LogP contribution in [0.3, 0.4) is 0 Å². The highest BCUT2D eigenvalue weighted by molar-refractivity contribution is 6.01. The van der Waals surface area contributed by atoms with Crippen molar-refractivity contribution in [3.05, 3.63) is 60.2 Å². The normalized spacial score (nSPS) is 11.0. The van der Waals surface area contributed by atoms with Gasteiger partial charge in [-0.15, -0.1) is 0 Å². The molecule has 0 bridgehead atoms.